The highest BCUT2D eigenvalue weighted by Crippen LogP contribution is 2.17. The van der Waals surface area contributed by atoms with Gasteiger partial charge in [-0.2, -0.15) is 0 Å². The lowest BCUT2D eigenvalue weighted by Crippen LogP contribution is -2.50. The van der Waals surface area contributed by atoms with Crippen LogP contribution >= 0.6 is 0 Å². The van der Waals surface area contributed by atoms with E-state index in [0.29, 0.717) is 32.1 Å². The van der Waals surface area contributed by atoms with Crippen molar-refractivity contribution in [2.75, 3.05) is 31.1 Å². The maximum absolute atomic E-state index is 12.1. The summed E-state index contributed by atoms with van der Waals surface area (Å²) in [6, 6.07) is 7.93. The molecule has 2 aromatic rings. The van der Waals surface area contributed by atoms with Crippen molar-refractivity contribution in [2.24, 2.45) is 0 Å². The number of para-hydroxylation sites is 1. The molecule has 1 aliphatic heterocycles. The fourth-order valence-corrected chi connectivity index (χ4v) is 2.53. The van der Waals surface area contributed by atoms with Crippen molar-refractivity contribution in [3.8, 4) is 0 Å². The highest BCUT2D eigenvalue weighted by atomic mass is 16.6. The number of carbonyl (C=O) groups excluding carboxylic acids is 1. The van der Waals surface area contributed by atoms with Crippen molar-refractivity contribution < 1.29 is 9.53 Å². The Morgan fingerprint density at radius 3 is 2.52 bits per heavy atom. The minimum Gasteiger partial charge on any atom is -0.444 e. The van der Waals surface area contributed by atoms with Gasteiger partial charge in [0.25, 0.3) is 0 Å². The number of amides is 1. The Hall–Kier alpha value is -2.37. The van der Waals surface area contributed by atoms with E-state index in [1.807, 2.05) is 51.2 Å². The quantitative estimate of drug-likeness (QED) is 0.810. The van der Waals surface area contributed by atoms with E-state index in [9.17, 15) is 4.79 Å². The number of ether oxygens (including phenoxy) is 1. The number of fused-ring (bicyclic) bond motifs is 1. The standard InChI is InChI=1S/C17H22N4O2/c1-17(2,3)23-16(22)21-10-8-20(9-11-21)15-18-12-13-6-4-5-7-14(13)19-15/h4-7,12H,8-11H2,1-3H3. The predicted octanol–water partition coefficient (Wildman–Crippen LogP) is 2.69. The van der Waals surface area contributed by atoms with Gasteiger partial charge >= 0.3 is 6.09 Å². The van der Waals surface area contributed by atoms with Crippen LogP contribution in [0.5, 0.6) is 0 Å². The molecule has 1 aromatic carbocycles. The fourth-order valence-electron chi connectivity index (χ4n) is 2.53. The van der Waals surface area contributed by atoms with E-state index in [-0.39, 0.29) is 6.09 Å². The van der Waals surface area contributed by atoms with Crippen molar-refractivity contribution in [2.45, 2.75) is 26.4 Å². The molecule has 0 radical (unpaired) electrons. The zero-order chi connectivity index (χ0) is 16.4. The number of nitrogens with zero attached hydrogens (tertiary/aromatic N) is 4. The maximum atomic E-state index is 12.1. The zero-order valence-corrected chi connectivity index (χ0v) is 13.8. The molecule has 0 N–H and O–H groups in total. The molecule has 0 unspecified atom stereocenters. The Bertz CT molecular complexity index is 703. The van der Waals surface area contributed by atoms with Gasteiger partial charge in [0.05, 0.1) is 5.52 Å². The number of rotatable bonds is 1. The van der Waals surface area contributed by atoms with Gasteiger partial charge in [0.1, 0.15) is 5.60 Å². The van der Waals surface area contributed by atoms with E-state index >= 15 is 0 Å². The summed E-state index contributed by atoms with van der Waals surface area (Å²) in [6.45, 7) is 8.28. The van der Waals surface area contributed by atoms with Gasteiger partial charge in [0.2, 0.25) is 5.95 Å². The van der Waals surface area contributed by atoms with E-state index in [4.69, 9.17) is 4.74 Å². The molecule has 1 aromatic heterocycles. The SMILES string of the molecule is CC(C)(C)OC(=O)N1CCN(c2ncc3ccccc3n2)CC1. The second-order valence-electron chi connectivity index (χ2n) is 6.68. The van der Waals surface area contributed by atoms with Gasteiger partial charge in [0.15, 0.2) is 0 Å². The van der Waals surface area contributed by atoms with Crippen LogP contribution in [-0.2, 0) is 4.74 Å². The molecule has 3 rings (SSSR count). The molecular weight excluding hydrogens is 292 g/mol. The maximum Gasteiger partial charge on any atom is 0.410 e. The molecule has 0 aliphatic carbocycles. The summed E-state index contributed by atoms with van der Waals surface area (Å²) in [4.78, 5) is 25.0. The first-order chi connectivity index (χ1) is 10.9. The molecule has 0 atom stereocenters. The molecule has 0 spiro atoms. The smallest absolute Gasteiger partial charge is 0.410 e. The van der Waals surface area contributed by atoms with Crippen LogP contribution in [0.15, 0.2) is 30.5 Å². The first-order valence-corrected chi connectivity index (χ1v) is 7.87. The predicted molar refractivity (Wildman–Crippen MR) is 89.6 cm³/mol. The van der Waals surface area contributed by atoms with Gasteiger partial charge in [-0.1, -0.05) is 18.2 Å². The minimum absolute atomic E-state index is 0.253. The topological polar surface area (TPSA) is 58.6 Å². The Balaban J connectivity index is 1.65. The third-order valence-electron chi connectivity index (χ3n) is 3.69. The van der Waals surface area contributed by atoms with Crippen molar-refractivity contribution >= 4 is 22.9 Å². The summed E-state index contributed by atoms with van der Waals surface area (Å²) in [5.41, 5.74) is 0.474. The lowest BCUT2D eigenvalue weighted by atomic mass is 10.2. The molecule has 23 heavy (non-hydrogen) atoms. The summed E-state index contributed by atoms with van der Waals surface area (Å²) in [7, 11) is 0. The monoisotopic (exact) mass is 314 g/mol. The number of anilines is 1. The van der Waals surface area contributed by atoms with Gasteiger partial charge in [-0.25, -0.2) is 14.8 Å². The molecule has 6 nitrogen and oxygen atoms in total. The third kappa shape index (κ3) is 3.70. The molecule has 6 heteroatoms. The number of piperazine rings is 1. The second-order valence-corrected chi connectivity index (χ2v) is 6.68. The fraction of sp³-hybridized carbons (Fsp3) is 0.471. The van der Waals surface area contributed by atoms with E-state index in [1.54, 1.807) is 4.90 Å². The van der Waals surface area contributed by atoms with Crippen molar-refractivity contribution in [3.63, 3.8) is 0 Å². The minimum atomic E-state index is -0.463. The Morgan fingerprint density at radius 2 is 1.83 bits per heavy atom. The normalized spacial score (nSPS) is 15.8. The highest BCUT2D eigenvalue weighted by Gasteiger charge is 2.26. The van der Waals surface area contributed by atoms with E-state index in [1.165, 1.54) is 0 Å². The number of carbonyl (C=O) groups is 1. The van der Waals surface area contributed by atoms with E-state index in [2.05, 4.69) is 14.9 Å². The molecule has 1 amide bonds. The molecule has 122 valence electrons. The summed E-state index contributed by atoms with van der Waals surface area (Å²) in [5.74, 6) is 0.715. The van der Waals surface area contributed by atoms with Crippen molar-refractivity contribution in [1.82, 2.24) is 14.9 Å². The molecule has 1 saturated heterocycles. The van der Waals surface area contributed by atoms with Crippen LogP contribution < -0.4 is 4.90 Å². The summed E-state index contributed by atoms with van der Waals surface area (Å²) in [5, 5.41) is 1.03. The largest absolute Gasteiger partial charge is 0.444 e. The first-order valence-electron chi connectivity index (χ1n) is 7.87. The van der Waals surface area contributed by atoms with Crippen molar-refractivity contribution in [3.05, 3.63) is 30.5 Å². The first kappa shape index (κ1) is 15.5. The van der Waals surface area contributed by atoms with Crippen LogP contribution in [0.4, 0.5) is 10.7 Å². The summed E-state index contributed by atoms with van der Waals surface area (Å²) < 4.78 is 5.41. The molecule has 2 heterocycles. The molecule has 0 bridgehead atoms. The van der Waals surface area contributed by atoms with Crippen molar-refractivity contribution in [1.29, 1.82) is 0 Å². The van der Waals surface area contributed by atoms with Crippen LogP contribution in [-0.4, -0.2) is 52.7 Å². The van der Waals surface area contributed by atoms with Crippen LogP contribution in [0.2, 0.25) is 0 Å². The Morgan fingerprint density at radius 1 is 1.13 bits per heavy atom. The van der Waals surface area contributed by atoms with E-state index < -0.39 is 5.60 Å². The summed E-state index contributed by atoms with van der Waals surface area (Å²) in [6.07, 6.45) is 1.59. The highest BCUT2D eigenvalue weighted by molar-refractivity contribution is 5.78. The van der Waals surface area contributed by atoms with Gasteiger partial charge in [-0.3, -0.25) is 0 Å². The summed E-state index contributed by atoms with van der Waals surface area (Å²) >= 11 is 0. The average molecular weight is 314 g/mol. The van der Waals surface area contributed by atoms with Crippen LogP contribution in [0.25, 0.3) is 10.9 Å². The average Bonchev–Trinajstić information content (AvgIpc) is 2.53. The number of hydrogen-bond acceptors (Lipinski definition) is 5. The third-order valence-corrected chi connectivity index (χ3v) is 3.69. The van der Waals surface area contributed by atoms with Crippen LogP contribution in [0.1, 0.15) is 20.8 Å². The molecule has 1 aliphatic rings. The molecular formula is C17H22N4O2. The lowest BCUT2D eigenvalue weighted by molar-refractivity contribution is 0.0240. The van der Waals surface area contributed by atoms with Crippen LogP contribution in [0.3, 0.4) is 0 Å². The number of aromatic nitrogens is 2. The van der Waals surface area contributed by atoms with Gasteiger partial charge in [-0.05, 0) is 26.8 Å². The van der Waals surface area contributed by atoms with Crippen LogP contribution in [0, 0.1) is 0 Å². The Kier molecular flexibility index (Phi) is 4.07. The van der Waals surface area contributed by atoms with Gasteiger partial charge in [-0.15, -0.1) is 0 Å². The number of benzene rings is 1. The lowest BCUT2D eigenvalue weighted by Gasteiger charge is -2.35. The molecule has 0 saturated carbocycles. The van der Waals surface area contributed by atoms with E-state index in [0.717, 1.165) is 10.9 Å². The second kappa shape index (κ2) is 6.02. The Labute approximate surface area is 136 Å². The number of hydrogen-bond donors (Lipinski definition) is 0. The van der Waals surface area contributed by atoms with Gasteiger partial charge in [0, 0.05) is 37.8 Å². The molecule has 1 fully saturated rings. The van der Waals surface area contributed by atoms with Gasteiger partial charge < -0.3 is 14.5 Å². The zero-order valence-electron chi connectivity index (χ0n) is 13.8.